The summed E-state index contributed by atoms with van der Waals surface area (Å²) >= 11 is 2.78. The van der Waals surface area contributed by atoms with Gasteiger partial charge in [-0.05, 0) is 44.1 Å². The molecule has 9 heteroatoms. The van der Waals surface area contributed by atoms with Crippen LogP contribution in [0.5, 0.6) is 0 Å². The molecule has 0 bridgehead atoms. The lowest BCUT2D eigenvalue weighted by Crippen LogP contribution is -2.17. The zero-order valence-corrected chi connectivity index (χ0v) is 18.1. The van der Waals surface area contributed by atoms with E-state index in [1.807, 2.05) is 0 Å². The number of H-pyrrole nitrogens is 1. The first-order valence-electron chi connectivity index (χ1n) is 9.67. The summed E-state index contributed by atoms with van der Waals surface area (Å²) in [6.07, 6.45) is 4.65. The average Bonchev–Trinajstić information content (AvgIpc) is 3.24. The van der Waals surface area contributed by atoms with Gasteiger partial charge in [-0.1, -0.05) is 25.6 Å². The highest BCUT2D eigenvalue weighted by Crippen LogP contribution is 2.40. The smallest absolute Gasteiger partial charge is 0.341 e. The van der Waals surface area contributed by atoms with Gasteiger partial charge in [-0.3, -0.25) is 9.89 Å². The van der Waals surface area contributed by atoms with E-state index in [2.05, 4.69) is 34.3 Å². The van der Waals surface area contributed by atoms with Crippen LogP contribution in [0.3, 0.4) is 0 Å². The largest absolute Gasteiger partial charge is 0.462 e. The molecule has 3 rings (SSSR count). The Kier molecular flexibility index (Phi) is 7.12. The van der Waals surface area contributed by atoms with Crippen LogP contribution in [0.4, 0.5) is 5.00 Å². The Morgan fingerprint density at radius 2 is 2.21 bits per heavy atom. The van der Waals surface area contributed by atoms with Gasteiger partial charge < -0.3 is 10.1 Å². The van der Waals surface area contributed by atoms with Gasteiger partial charge in [0.05, 0.1) is 17.9 Å². The number of thioether (sulfide) groups is 1. The van der Waals surface area contributed by atoms with Gasteiger partial charge >= 0.3 is 5.97 Å². The number of hydrogen-bond acceptors (Lipinski definition) is 7. The third-order valence-electron chi connectivity index (χ3n) is 4.57. The molecule has 0 aromatic carbocycles. The molecule has 0 saturated carbocycles. The number of ether oxygens (including phenoxy) is 1. The van der Waals surface area contributed by atoms with Crippen molar-refractivity contribution >= 4 is 40.0 Å². The van der Waals surface area contributed by atoms with Crippen molar-refractivity contribution in [3.8, 4) is 0 Å². The third kappa shape index (κ3) is 4.94. The number of thiophene rings is 1. The van der Waals surface area contributed by atoms with Crippen molar-refractivity contribution in [3.63, 3.8) is 0 Å². The Balaban J connectivity index is 1.69. The van der Waals surface area contributed by atoms with E-state index in [0.717, 1.165) is 43.5 Å². The van der Waals surface area contributed by atoms with Crippen molar-refractivity contribution in [2.24, 2.45) is 5.92 Å². The number of nitrogens with one attached hydrogen (secondary N) is 2. The fraction of sp³-hybridized carbons (Fsp3) is 0.579. The number of fused-ring (bicyclic) bond motifs is 1. The van der Waals surface area contributed by atoms with Gasteiger partial charge in [0.25, 0.3) is 0 Å². The third-order valence-corrected chi connectivity index (χ3v) is 6.59. The number of carbonyl (C=O) groups is 2. The first kappa shape index (κ1) is 20.9. The molecule has 2 aromatic rings. The number of amides is 1. The molecule has 0 aliphatic heterocycles. The van der Waals surface area contributed by atoms with Gasteiger partial charge in [-0.15, -0.1) is 16.4 Å². The average molecular weight is 423 g/mol. The molecular weight excluding hydrogens is 396 g/mol. The number of aromatic nitrogens is 3. The van der Waals surface area contributed by atoms with E-state index in [1.54, 1.807) is 6.92 Å². The zero-order chi connectivity index (χ0) is 20.1. The predicted octanol–water partition coefficient (Wildman–Crippen LogP) is 3.85. The summed E-state index contributed by atoms with van der Waals surface area (Å²) in [5.41, 5.74) is 1.58. The molecule has 1 atom stereocenters. The van der Waals surface area contributed by atoms with Crippen molar-refractivity contribution in [3.05, 3.63) is 21.8 Å². The monoisotopic (exact) mass is 422 g/mol. The molecule has 2 heterocycles. The second kappa shape index (κ2) is 9.56. The minimum absolute atomic E-state index is 0.177. The van der Waals surface area contributed by atoms with Crippen molar-refractivity contribution in [2.75, 3.05) is 17.7 Å². The fourth-order valence-electron chi connectivity index (χ4n) is 3.24. The van der Waals surface area contributed by atoms with Gasteiger partial charge in [0.2, 0.25) is 11.1 Å². The van der Waals surface area contributed by atoms with Crippen molar-refractivity contribution in [1.82, 2.24) is 15.2 Å². The molecule has 0 spiro atoms. The van der Waals surface area contributed by atoms with Crippen LogP contribution in [0.2, 0.25) is 0 Å². The molecule has 0 saturated heterocycles. The summed E-state index contributed by atoms with van der Waals surface area (Å²) in [6, 6.07) is 0. The topological polar surface area (TPSA) is 97.0 Å². The Morgan fingerprint density at radius 1 is 1.39 bits per heavy atom. The van der Waals surface area contributed by atoms with Gasteiger partial charge in [-0.2, -0.15) is 0 Å². The van der Waals surface area contributed by atoms with E-state index >= 15 is 0 Å². The summed E-state index contributed by atoms with van der Waals surface area (Å²) in [5, 5.41) is 11.1. The number of rotatable bonds is 8. The predicted molar refractivity (Wildman–Crippen MR) is 111 cm³/mol. The number of carbonyl (C=O) groups excluding carboxylic acids is 2. The molecule has 28 heavy (non-hydrogen) atoms. The van der Waals surface area contributed by atoms with Crippen LogP contribution < -0.4 is 5.32 Å². The summed E-state index contributed by atoms with van der Waals surface area (Å²) in [6.45, 7) is 6.39. The van der Waals surface area contributed by atoms with Crippen molar-refractivity contribution in [1.29, 1.82) is 0 Å². The molecule has 2 aromatic heterocycles. The zero-order valence-electron chi connectivity index (χ0n) is 16.5. The van der Waals surface area contributed by atoms with Gasteiger partial charge in [0.15, 0.2) is 0 Å². The molecule has 1 aliphatic rings. The molecule has 1 aliphatic carbocycles. The number of hydrogen-bond donors (Lipinski definition) is 2. The van der Waals surface area contributed by atoms with E-state index < -0.39 is 0 Å². The first-order valence-corrected chi connectivity index (χ1v) is 11.5. The lowest BCUT2D eigenvalue weighted by Gasteiger charge is -2.18. The quantitative estimate of drug-likeness (QED) is 0.495. The second-order valence-electron chi connectivity index (χ2n) is 6.93. The maximum absolute atomic E-state index is 12.5. The van der Waals surface area contributed by atoms with E-state index in [4.69, 9.17) is 4.74 Å². The summed E-state index contributed by atoms with van der Waals surface area (Å²) < 4.78 is 5.24. The van der Waals surface area contributed by atoms with Gasteiger partial charge in [0.1, 0.15) is 10.8 Å². The lowest BCUT2D eigenvalue weighted by atomic mass is 9.88. The van der Waals surface area contributed by atoms with Crippen LogP contribution in [-0.2, 0) is 28.8 Å². The van der Waals surface area contributed by atoms with Crippen LogP contribution in [0.15, 0.2) is 5.16 Å². The minimum Gasteiger partial charge on any atom is -0.462 e. The molecule has 2 N–H and O–H groups in total. The number of anilines is 1. The Labute approximate surface area is 173 Å². The van der Waals surface area contributed by atoms with Gasteiger partial charge in [0, 0.05) is 11.3 Å². The van der Waals surface area contributed by atoms with Crippen molar-refractivity contribution < 1.29 is 14.3 Å². The minimum atomic E-state index is -0.351. The molecule has 7 nitrogen and oxygen atoms in total. The fourth-order valence-corrected chi connectivity index (χ4v) is 5.27. The summed E-state index contributed by atoms with van der Waals surface area (Å²) in [4.78, 5) is 30.5. The highest BCUT2D eigenvalue weighted by atomic mass is 32.2. The SMILES string of the molecule is CCCc1nc(SCC(=O)Nc2sc3c(c2C(=O)OCC)CCC(C)C3)n[nH]1. The van der Waals surface area contributed by atoms with E-state index in [9.17, 15) is 9.59 Å². The molecular formula is C19H26N4O3S2. The first-order chi connectivity index (χ1) is 13.5. The summed E-state index contributed by atoms with van der Waals surface area (Å²) in [5.74, 6) is 1.07. The standard InChI is InChI=1S/C19H26N4O3S2/c1-4-6-14-20-19(23-22-14)27-10-15(24)21-17-16(18(25)26-5-2)12-8-7-11(3)9-13(12)28-17/h11H,4-10H2,1-3H3,(H,21,24)(H,20,22,23). The number of esters is 1. The second-order valence-corrected chi connectivity index (χ2v) is 8.98. The summed E-state index contributed by atoms with van der Waals surface area (Å²) in [7, 11) is 0. The molecule has 1 unspecified atom stereocenters. The Hall–Kier alpha value is -1.87. The van der Waals surface area contributed by atoms with Gasteiger partial charge in [-0.25, -0.2) is 9.78 Å². The Morgan fingerprint density at radius 3 is 2.96 bits per heavy atom. The van der Waals surface area contributed by atoms with Crippen LogP contribution in [0.25, 0.3) is 0 Å². The van der Waals surface area contributed by atoms with Crippen LogP contribution in [-0.4, -0.2) is 39.4 Å². The molecule has 152 valence electrons. The number of nitrogens with zero attached hydrogens (tertiary/aromatic N) is 2. The highest BCUT2D eigenvalue weighted by molar-refractivity contribution is 7.99. The highest BCUT2D eigenvalue weighted by Gasteiger charge is 2.29. The number of aryl methyl sites for hydroxylation is 1. The van der Waals surface area contributed by atoms with E-state index in [-0.39, 0.29) is 17.6 Å². The van der Waals surface area contributed by atoms with Crippen molar-refractivity contribution in [2.45, 2.75) is 58.0 Å². The maximum Gasteiger partial charge on any atom is 0.341 e. The molecule has 1 amide bonds. The number of aromatic amines is 1. The van der Waals surface area contributed by atoms with Crippen LogP contribution in [0.1, 0.15) is 60.2 Å². The maximum atomic E-state index is 12.5. The van der Waals surface area contributed by atoms with Crippen LogP contribution in [0, 0.1) is 5.92 Å². The molecule has 0 fully saturated rings. The van der Waals surface area contributed by atoms with Crippen LogP contribution >= 0.6 is 23.1 Å². The normalized spacial score (nSPS) is 15.9. The Bertz CT molecular complexity index is 846. The van der Waals surface area contributed by atoms with E-state index in [1.165, 1.54) is 28.0 Å². The molecule has 0 radical (unpaired) electrons. The van der Waals surface area contributed by atoms with E-state index in [0.29, 0.717) is 28.2 Å². The lowest BCUT2D eigenvalue weighted by molar-refractivity contribution is -0.113.